The number of nitrogens with two attached hydrogens (primary N) is 1. The Morgan fingerprint density at radius 3 is 2.47 bits per heavy atom. The molecule has 0 aliphatic rings. The zero-order valence-corrected chi connectivity index (χ0v) is 11.7. The molecule has 0 rings (SSSR count). The lowest BCUT2D eigenvalue weighted by Crippen LogP contribution is -2.40. The van der Waals surface area contributed by atoms with E-state index in [2.05, 4.69) is 31.4 Å². The maximum atomic E-state index is 11.4. The minimum Gasteiger partial charge on any atom is -0.354 e. The number of likely N-dealkylation sites (N-methyl/N-ethyl adjacent to an activating group) is 1. The fraction of sp³-hybridized carbons (Fsp3) is 0.917. The van der Waals surface area contributed by atoms with Crippen molar-refractivity contribution < 1.29 is 4.79 Å². The Hall–Kier alpha value is -0.650. The predicted molar refractivity (Wildman–Crippen MR) is 71.9 cm³/mol. The van der Waals surface area contributed by atoms with E-state index in [0.717, 1.165) is 19.5 Å². The summed E-state index contributed by atoms with van der Waals surface area (Å²) in [6.07, 6.45) is 1.04. The first-order valence-corrected chi connectivity index (χ1v) is 6.25. The van der Waals surface area contributed by atoms with Gasteiger partial charge < -0.3 is 16.4 Å². The van der Waals surface area contributed by atoms with Gasteiger partial charge in [-0.05, 0) is 47.3 Å². The smallest absolute Gasteiger partial charge is 0.234 e. The lowest BCUT2D eigenvalue weighted by atomic mass is 10.1. The molecule has 1 amide bonds. The third-order valence-corrected chi connectivity index (χ3v) is 2.25. The standard InChI is InChI=1S/C12H28N4O/c1-12(2,3)15-7-5-9-16(4)10-11(17)14-8-6-13/h15H,5-10,13H2,1-4H3,(H,14,17). The average molecular weight is 244 g/mol. The number of amides is 1. The van der Waals surface area contributed by atoms with E-state index in [1.165, 1.54) is 0 Å². The fourth-order valence-corrected chi connectivity index (χ4v) is 1.40. The molecule has 17 heavy (non-hydrogen) atoms. The molecule has 4 N–H and O–H groups in total. The number of hydrogen-bond acceptors (Lipinski definition) is 4. The molecular formula is C12H28N4O. The number of nitrogens with zero attached hydrogens (tertiary/aromatic N) is 1. The van der Waals surface area contributed by atoms with Crippen molar-refractivity contribution in [2.45, 2.75) is 32.7 Å². The Morgan fingerprint density at radius 2 is 1.94 bits per heavy atom. The van der Waals surface area contributed by atoms with Gasteiger partial charge in [0.2, 0.25) is 5.91 Å². The molecule has 0 aromatic rings. The van der Waals surface area contributed by atoms with Gasteiger partial charge in [-0.3, -0.25) is 9.69 Å². The molecule has 0 aromatic carbocycles. The van der Waals surface area contributed by atoms with Gasteiger partial charge in [0.25, 0.3) is 0 Å². The third-order valence-electron chi connectivity index (χ3n) is 2.25. The Kier molecular flexibility index (Phi) is 8.12. The molecule has 0 unspecified atom stereocenters. The normalized spacial score (nSPS) is 11.9. The molecule has 0 heterocycles. The van der Waals surface area contributed by atoms with Gasteiger partial charge in [0.15, 0.2) is 0 Å². The molecule has 0 aliphatic carbocycles. The van der Waals surface area contributed by atoms with Crippen molar-refractivity contribution in [2.75, 3.05) is 39.8 Å². The highest BCUT2D eigenvalue weighted by molar-refractivity contribution is 5.77. The van der Waals surface area contributed by atoms with Crippen LogP contribution >= 0.6 is 0 Å². The molecule has 102 valence electrons. The number of hydrogen-bond donors (Lipinski definition) is 3. The Morgan fingerprint density at radius 1 is 1.29 bits per heavy atom. The van der Waals surface area contributed by atoms with Gasteiger partial charge >= 0.3 is 0 Å². The molecule has 0 spiro atoms. The van der Waals surface area contributed by atoms with Crippen molar-refractivity contribution in [2.24, 2.45) is 5.73 Å². The molecule has 0 bridgehead atoms. The summed E-state index contributed by atoms with van der Waals surface area (Å²) in [5.41, 5.74) is 5.47. The van der Waals surface area contributed by atoms with Crippen LogP contribution in [0.25, 0.3) is 0 Å². The van der Waals surface area contributed by atoms with Crippen LogP contribution in [-0.2, 0) is 4.79 Å². The number of nitrogens with one attached hydrogen (secondary N) is 2. The van der Waals surface area contributed by atoms with Crippen LogP contribution in [-0.4, -0.2) is 56.1 Å². The Bertz CT molecular complexity index is 213. The van der Waals surface area contributed by atoms with Crippen LogP contribution in [0, 0.1) is 0 Å². The van der Waals surface area contributed by atoms with Crippen molar-refractivity contribution in [3.8, 4) is 0 Å². The summed E-state index contributed by atoms with van der Waals surface area (Å²) in [4.78, 5) is 13.4. The summed E-state index contributed by atoms with van der Waals surface area (Å²) in [6, 6.07) is 0. The first-order chi connectivity index (χ1) is 7.85. The maximum Gasteiger partial charge on any atom is 0.234 e. The van der Waals surface area contributed by atoms with E-state index in [1.54, 1.807) is 0 Å². The van der Waals surface area contributed by atoms with E-state index in [0.29, 0.717) is 19.6 Å². The summed E-state index contributed by atoms with van der Waals surface area (Å²) in [6.45, 7) is 9.82. The fourth-order valence-electron chi connectivity index (χ4n) is 1.40. The van der Waals surface area contributed by atoms with Gasteiger partial charge in [0.1, 0.15) is 0 Å². The second-order valence-corrected chi connectivity index (χ2v) is 5.41. The molecular weight excluding hydrogens is 216 g/mol. The second kappa shape index (κ2) is 8.44. The Balaban J connectivity index is 3.52. The molecule has 5 nitrogen and oxygen atoms in total. The van der Waals surface area contributed by atoms with Crippen LogP contribution in [0.5, 0.6) is 0 Å². The van der Waals surface area contributed by atoms with E-state index in [-0.39, 0.29) is 11.4 Å². The lowest BCUT2D eigenvalue weighted by Gasteiger charge is -2.22. The summed E-state index contributed by atoms with van der Waals surface area (Å²) < 4.78 is 0. The van der Waals surface area contributed by atoms with Gasteiger partial charge in [-0.2, -0.15) is 0 Å². The van der Waals surface area contributed by atoms with Crippen LogP contribution < -0.4 is 16.4 Å². The first kappa shape index (κ1) is 16.4. The van der Waals surface area contributed by atoms with Gasteiger partial charge in [0, 0.05) is 18.6 Å². The molecule has 0 saturated heterocycles. The molecule has 0 aromatic heterocycles. The number of rotatable bonds is 8. The quantitative estimate of drug-likeness (QED) is 0.516. The molecule has 0 saturated carbocycles. The minimum atomic E-state index is 0.0433. The van der Waals surface area contributed by atoms with Crippen LogP contribution in [0.1, 0.15) is 27.2 Å². The largest absolute Gasteiger partial charge is 0.354 e. The van der Waals surface area contributed by atoms with E-state index in [1.807, 2.05) is 11.9 Å². The zero-order chi connectivity index (χ0) is 13.3. The lowest BCUT2D eigenvalue weighted by molar-refractivity contribution is -0.121. The SMILES string of the molecule is CN(CCCNC(C)(C)C)CC(=O)NCCN. The van der Waals surface area contributed by atoms with E-state index in [4.69, 9.17) is 5.73 Å². The van der Waals surface area contributed by atoms with Crippen molar-refractivity contribution >= 4 is 5.91 Å². The molecule has 0 radical (unpaired) electrons. The van der Waals surface area contributed by atoms with Crippen LogP contribution in [0.4, 0.5) is 0 Å². The number of carbonyl (C=O) groups excluding carboxylic acids is 1. The van der Waals surface area contributed by atoms with Crippen LogP contribution in [0.3, 0.4) is 0 Å². The summed E-state index contributed by atoms with van der Waals surface area (Å²) in [7, 11) is 1.96. The van der Waals surface area contributed by atoms with E-state index >= 15 is 0 Å². The van der Waals surface area contributed by atoms with Crippen molar-refractivity contribution in [1.29, 1.82) is 0 Å². The van der Waals surface area contributed by atoms with E-state index < -0.39 is 0 Å². The average Bonchev–Trinajstić information content (AvgIpc) is 2.20. The van der Waals surface area contributed by atoms with E-state index in [9.17, 15) is 4.79 Å². The van der Waals surface area contributed by atoms with Gasteiger partial charge in [-0.25, -0.2) is 0 Å². The molecule has 0 aliphatic heterocycles. The molecule has 5 heteroatoms. The second-order valence-electron chi connectivity index (χ2n) is 5.41. The predicted octanol–water partition coefficient (Wildman–Crippen LogP) is -0.229. The van der Waals surface area contributed by atoms with Crippen molar-refractivity contribution in [3.05, 3.63) is 0 Å². The third kappa shape index (κ3) is 11.6. The highest BCUT2D eigenvalue weighted by atomic mass is 16.2. The number of carbonyl (C=O) groups is 1. The monoisotopic (exact) mass is 244 g/mol. The van der Waals surface area contributed by atoms with Crippen molar-refractivity contribution in [3.63, 3.8) is 0 Å². The molecule has 0 atom stereocenters. The summed E-state index contributed by atoms with van der Waals surface area (Å²) in [5.74, 6) is 0.0433. The highest BCUT2D eigenvalue weighted by Crippen LogP contribution is 1.98. The summed E-state index contributed by atoms with van der Waals surface area (Å²) >= 11 is 0. The van der Waals surface area contributed by atoms with Gasteiger partial charge in [0.05, 0.1) is 6.54 Å². The Labute approximate surface area is 105 Å². The van der Waals surface area contributed by atoms with Crippen LogP contribution in [0.2, 0.25) is 0 Å². The van der Waals surface area contributed by atoms with Gasteiger partial charge in [-0.1, -0.05) is 0 Å². The van der Waals surface area contributed by atoms with Gasteiger partial charge in [-0.15, -0.1) is 0 Å². The van der Waals surface area contributed by atoms with Crippen molar-refractivity contribution in [1.82, 2.24) is 15.5 Å². The minimum absolute atomic E-state index is 0.0433. The topological polar surface area (TPSA) is 70.4 Å². The maximum absolute atomic E-state index is 11.4. The first-order valence-electron chi connectivity index (χ1n) is 6.25. The summed E-state index contributed by atoms with van der Waals surface area (Å²) in [5, 5.41) is 6.18. The molecule has 0 fully saturated rings. The highest BCUT2D eigenvalue weighted by Gasteiger charge is 2.08. The zero-order valence-electron chi connectivity index (χ0n) is 11.7. The van der Waals surface area contributed by atoms with Crippen LogP contribution in [0.15, 0.2) is 0 Å².